The first-order valence-electron chi connectivity index (χ1n) is 7.82. The fraction of sp³-hybridized carbons (Fsp3) is 0.263. The van der Waals surface area contributed by atoms with Crippen molar-refractivity contribution in [3.63, 3.8) is 0 Å². The predicted octanol–water partition coefficient (Wildman–Crippen LogP) is 3.51. The van der Waals surface area contributed by atoms with Crippen LogP contribution in [0.3, 0.4) is 0 Å². The van der Waals surface area contributed by atoms with Gasteiger partial charge in [0.1, 0.15) is 5.75 Å². The number of nitrogens with zero attached hydrogens (tertiary/aromatic N) is 1. The first-order chi connectivity index (χ1) is 11.9. The van der Waals surface area contributed by atoms with Crippen LogP contribution in [0.5, 0.6) is 5.75 Å². The number of carbonyl (C=O) groups is 2. The molecule has 0 atom stereocenters. The van der Waals surface area contributed by atoms with Crippen molar-refractivity contribution < 1.29 is 14.3 Å². The number of ether oxygens (including phenoxy) is 1. The van der Waals surface area contributed by atoms with Gasteiger partial charge in [-0.1, -0.05) is 23.7 Å². The summed E-state index contributed by atoms with van der Waals surface area (Å²) >= 11 is 6.03. The smallest absolute Gasteiger partial charge is 0.227 e. The number of anilines is 1. The number of rotatable bonds is 6. The second-order valence-corrected chi connectivity index (χ2v) is 6.20. The Hall–Kier alpha value is -2.53. The lowest BCUT2D eigenvalue weighted by atomic mass is 10.1. The summed E-state index contributed by atoms with van der Waals surface area (Å²) < 4.78 is 5.31. The maximum absolute atomic E-state index is 12.4. The number of hydrogen-bond donors (Lipinski definition) is 1. The number of halogens is 1. The number of methoxy groups -OCH3 is 1. The van der Waals surface area contributed by atoms with Gasteiger partial charge in [-0.3, -0.25) is 9.59 Å². The van der Waals surface area contributed by atoms with Gasteiger partial charge in [-0.05, 0) is 35.9 Å². The Balaban J connectivity index is 2.00. The predicted molar refractivity (Wildman–Crippen MR) is 98.9 cm³/mol. The number of benzene rings is 2. The zero-order chi connectivity index (χ0) is 18.4. The molecule has 6 heteroatoms. The molecule has 132 valence electrons. The highest BCUT2D eigenvalue weighted by atomic mass is 35.5. The molecule has 2 rings (SSSR count). The molecule has 0 saturated heterocycles. The normalized spacial score (nSPS) is 10.2. The SMILES string of the molecule is COc1ccc(Cl)cc1CN(C)C(=O)Cc1ccc(NC(C)=O)cc1. The number of likely N-dealkylation sites (N-methyl/N-ethyl adjacent to an activating group) is 1. The van der Waals surface area contributed by atoms with Crippen molar-refractivity contribution in [1.29, 1.82) is 0 Å². The van der Waals surface area contributed by atoms with E-state index in [1.807, 2.05) is 12.1 Å². The fourth-order valence-corrected chi connectivity index (χ4v) is 2.63. The van der Waals surface area contributed by atoms with Gasteiger partial charge in [-0.25, -0.2) is 0 Å². The van der Waals surface area contributed by atoms with Gasteiger partial charge >= 0.3 is 0 Å². The second kappa shape index (κ2) is 8.53. The molecule has 0 radical (unpaired) electrons. The lowest BCUT2D eigenvalue weighted by Crippen LogP contribution is -2.27. The molecule has 0 fully saturated rings. The average Bonchev–Trinajstić information content (AvgIpc) is 2.56. The molecule has 0 spiro atoms. The minimum atomic E-state index is -0.126. The highest BCUT2D eigenvalue weighted by Crippen LogP contribution is 2.24. The first kappa shape index (κ1) is 18.8. The van der Waals surface area contributed by atoms with Crippen LogP contribution in [0.15, 0.2) is 42.5 Å². The molecule has 25 heavy (non-hydrogen) atoms. The molecule has 0 aliphatic heterocycles. The van der Waals surface area contributed by atoms with Gasteiger partial charge in [0.2, 0.25) is 11.8 Å². The second-order valence-electron chi connectivity index (χ2n) is 5.76. The van der Waals surface area contributed by atoms with E-state index in [9.17, 15) is 9.59 Å². The van der Waals surface area contributed by atoms with Crippen molar-refractivity contribution in [3.05, 3.63) is 58.6 Å². The minimum absolute atomic E-state index is 0.0192. The Bertz CT molecular complexity index is 760. The van der Waals surface area contributed by atoms with E-state index in [4.69, 9.17) is 16.3 Å². The highest BCUT2D eigenvalue weighted by Gasteiger charge is 2.13. The third kappa shape index (κ3) is 5.50. The zero-order valence-corrected chi connectivity index (χ0v) is 15.3. The maximum atomic E-state index is 12.4. The molecule has 2 amide bonds. The molecule has 0 aromatic heterocycles. The number of carbonyl (C=O) groups excluding carboxylic acids is 2. The van der Waals surface area contributed by atoms with Crippen LogP contribution in [0.1, 0.15) is 18.1 Å². The third-order valence-corrected chi connectivity index (χ3v) is 3.94. The van der Waals surface area contributed by atoms with Crippen molar-refractivity contribution in [2.45, 2.75) is 19.9 Å². The molecule has 0 unspecified atom stereocenters. The first-order valence-corrected chi connectivity index (χ1v) is 8.19. The van der Waals surface area contributed by atoms with Crippen molar-refractivity contribution in [2.24, 2.45) is 0 Å². The van der Waals surface area contributed by atoms with E-state index in [2.05, 4.69) is 5.32 Å². The summed E-state index contributed by atoms with van der Waals surface area (Å²) in [5, 5.41) is 3.30. The summed E-state index contributed by atoms with van der Waals surface area (Å²) in [4.78, 5) is 25.1. The van der Waals surface area contributed by atoms with E-state index in [1.165, 1.54) is 6.92 Å². The van der Waals surface area contributed by atoms with Gasteiger partial charge < -0.3 is 15.0 Å². The molecule has 0 bridgehead atoms. The summed E-state index contributed by atoms with van der Waals surface area (Å²) in [6.07, 6.45) is 0.278. The summed E-state index contributed by atoms with van der Waals surface area (Å²) in [6.45, 7) is 1.86. The van der Waals surface area contributed by atoms with Gasteiger partial charge in [0.15, 0.2) is 0 Å². The van der Waals surface area contributed by atoms with Crippen LogP contribution in [0.25, 0.3) is 0 Å². The quantitative estimate of drug-likeness (QED) is 0.857. The van der Waals surface area contributed by atoms with Gasteiger partial charge in [0.05, 0.1) is 13.5 Å². The topological polar surface area (TPSA) is 58.6 Å². The van der Waals surface area contributed by atoms with Gasteiger partial charge in [0, 0.05) is 36.8 Å². The van der Waals surface area contributed by atoms with Crippen LogP contribution < -0.4 is 10.1 Å². The number of amides is 2. The highest BCUT2D eigenvalue weighted by molar-refractivity contribution is 6.30. The van der Waals surface area contributed by atoms with E-state index in [0.717, 1.165) is 11.1 Å². The van der Waals surface area contributed by atoms with E-state index in [-0.39, 0.29) is 18.2 Å². The molecule has 0 saturated carbocycles. The van der Waals surface area contributed by atoms with Crippen LogP contribution in [-0.2, 0) is 22.6 Å². The van der Waals surface area contributed by atoms with Crippen LogP contribution in [-0.4, -0.2) is 30.9 Å². The Morgan fingerprint density at radius 1 is 1.16 bits per heavy atom. The Morgan fingerprint density at radius 2 is 1.84 bits per heavy atom. The van der Waals surface area contributed by atoms with E-state index in [0.29, 0.717) is 23.0 Å². The molecule has 0 aliphatic carbocycles. The number of hydrogen-bond acceptors (Lipinski definition) is 3. The van der Waals surface area contributed by atoms with Gasteiger partial charge in [-0.2, -0.15) is 0 Å². The van der Waals surface area contributed by atoms with Crippen LogP contribution in [0.2, 0.25) is 5.02 Å². The van der Waals surface area contributed by atoms with E-state index >= 15 is 0 Å². The van der Waals surface area contributed by atoms with Crippen molar-refractivity contribution in [2.75, 3.05) is 19.5 Å². The fourth-order valence-electron chi connectivity index (χ4n) is 2.43. The summed E-state index contributed by atoms with van der Waals surface area (Å²) in [5.74, 6) is 0.553. The maximum Gasteiger partial charge on any atom is 0.227 e. The van der Waals surface area contributed by atoms with E-state index in [1.54, 1.807) is 49.4 Å². The lowest BCUT2D eigenvalue weighted by molar-refractivity contribution is -0.129. The minimum Gasteiger partial charge on any atom is -0.496 e. The molecule has 2 aromatic rings. The lowest BCUT2D eigenvalue weighted by Gasteiger charge is -2.19. The summed E-state index contributed by atoms with van der Waals surface area (Å²) in [5.41, 5.74) is 2.44. The Kier molecular flexibility index (Phi) is 6.42. The number of nitrogens with one attached hydrogen (secondary N) is 1. The van der Waals surface area contributed by atoms with Crippen LogP contribution >= 0.6 is 11.6 Å². The molecule has 5 nitrogen and oxygen atoms in total. The van der Waals surface area contributed by atoms with Crippen molar-refractivity contribution in [3.8, 4) is 5.75 Å². The van der Waals surface area contributed by atoms with Crippen LogP contribution in [0, 0.1) is 0 Å². The molecule has 0 heterocycles. The van der Waals surface area contributed by atoms with Gasteiger partial charge in [0.25, 0.3) is 0 Å². The molecular weight excluding hydrogens is 340 g/mol. The molecule has 1 N–H and O–H groups in total. The summed E-state index contributed by atoms with van der Waals surface area (Å²) in [6, 6.07) is 12.6. The van der Waals surface area contributed by atoms with Crippen LogP contribution in [0.4, 0.5) is 5.69 Å². The molecule has 0 aliphatic rings. The Morgan fingerprint density at radius 3 is 2.44 bits per heavy atom. The summed E-state index contributed by atoms with van der Waals surface area (Å²) in [7, 11) is 3.33. The third-order valence-electron chi connectivity index (χ3n) is 3.71. The standard InChI is InChI=1S/C19H21ClN2O3/c1-13(23)21-17-7-4-14(5-8-17)10-19(24)22(2)12-15-11-16(20)6-9-18(15)25-3/h4-9,11H,10,12H2,1-3H3,(H,21,23). The average molecular weight is 361 g/mol. The monoisotopic (exact) mass is 360 g/mol. The van der Waals surface area contributed by atoms with Gasteiger partial charge in [-0.15, -0.1) is 0 Å². The Labute approximate surface area is 152 Å². The molecular formula is C19H21ClN2O3. The van der Waals surface area contributed by atoms with E-state index < -0.39 is 0 Å². The molecule has 2 aromatic carbocycles. The van der Waals surface area contributed by atoms with Crippen molar-refractivity contribution in [1.82, 2.24) is 4.90 Å². The largest absolute Gasteiger partial charge is 0.496 e. The zero-order valence-electron chi connectivity index (χ0n) is 14.5. The van der Waals surface area contributed by atoms with Crippen molar-refractivity contribution >= 4 is 29.1 Å².